The molecular formula is C19H20N4O2. The molecule has 0 saturated carbocycles. The fourth-order valence-electron chi connectivity index (χ4n) is 2.58. The SMILES string of the molecule is Cc1ccc2nc(C(C)(C)C)c(N=Nc3ccccc3C(=O)O)n2c1. The lowest BCUT2D eigenvalue weighted by atomic mass is 9.92. The van der Waals surface area contributed by atoms with E-state index in [1.54, 1.807) is 18.2 Å². The third kappa shape index (κ3) is 3.28. The Bertz CT molecular complexity index is 981. The third-order valence-electron chi connectivity index (χ3n) is 3.84. The van der Waals surface area contributed by atoms with Crippen LogP contribution in [0.1, 0.15) is 42.4 Å². The predicted octanol–water partition coefficient (Wildman–Crippen LogP) is 5.05. The molecule has 6 nitrogen and oxygen atoms in total. The lowest BCUT2D eigenvalue weighted by molar-refractivity contribution is 0.0697. The number of rotatable bonds is 3. The van der Waals surface area contributed by atoms with Crippen molar-refractivity contribution in [1.82, 2.24) is 9.38 Å². The fraction of sp³-hybridized carbons (Fsp3) is 0.263. The number of nitrogens with zero attached hydrogens (tertiary/aromatic N) is 4. The van der Waals surface area contributed by atoms with Gasteiger partial charge in [0, 0.05) is 11.6 Å². The van der Waals surface area contributed by atoms with Gasteiger partial charge in [0.05, 0.1) is 11.3 Å². The summed E-state index contributed by atoms with van der Waals surface area (Å²) >= 11 is 0. The highest BCUT2D eigenvalue weighted by molar-refractivity contribution is 5.93. The number of aromatic nitrogens is 2. The number of imidazole rings is 1. The van der Waals surface area contributed by atoms with Crippen LogP contribution in [0.25, 0.3) is 5.65 Å². The van der Waals surface area contributed by atoms with Gasteiger partial charge in [-0.15, -0.1) is 10.2 Å². The number of benzene rings is 1. The zero-order valence-corrected chi connectivity index (χ0v) is 14.7. The van der Waals surface area contributed by atoms with Crippen LogP contribution in [0.4, 0.5) is 11.5 Å². The number of carboxylic acid groups (broad SMARTS) is 1. The van der Waals surface area contributed by atoms with Gasteiger partial charge in [-0.05, 0) is 30.7 Å². The van der Waals surface area contributed by atoms with E-state index in [-0.39, 0.29) is 11.0 Å². The van der Waals surface area contributed by atoms with Gasteiger partial charge in [0.25, 0.3) is 0 Å². The minimum absolute atomic E-state index is 0.119. The standard InChI is InChI=1S/C19H20N4O2/c1-12-9-10-15-20-16(19(2,3)4)17(23(15)11-12)22-21-14-8-6-5-7-13(14)18(24)25/h5-11H,1-4H3,(H,24,25). The monoisotopic (exact) mass is 336 g/mol. The summed E-state index contributed by atoms with van der Waals surface area (Å²) in [4.78, 5) is 16.0. The van der Waals surface area contributed by atoms with Gasteiger partial charge in [-0.1, -0.05) is 39.0 Å². The van der Waals surface area contributed by atoms with E-state index in [0.29, 0.717) is 11.5 Å². The predicted molar refractivity (Wildman–Crippen MR) is 96.2 cm³/mol. The van der Waals surface area contributed by atoms with Crippen molar-refractivity contribution in [2.45, 2.75) is 33.1 Å². The smallest absolute Gasteiger partial charge is 0.337 e. The third-order valence-corrected chi connectivity index (χ3v) is 3.84. The number of hydrogen-bond donors (Lipinski definition) is 1. The van der Waals surface area contributed by atoms with E-state index in [1.807, 2.05) is 29.7 Å². The van der Waals surface area contributed by atoms with Crippen LogP contribution in [0.5, 0.6) is 0 Å². The Morgan fingerprint density at radius 1 is 1.12 bits per heavy atom. The van der Waals surface area contributed by atoms with Crippen molar-refractivity contribution in [3.63, 3.8) is 0 Å². The molecule has 1 aromatic carbocycles. The Labute approximate surface area is 145 Å². The van der Waals surface area contributed by atoms with Crippen LogP contribution in [0.15, 0.2) is 52.8 Å². The summed E-state index contributed by atoms with van der Waals surface area (Å²) in [5.74, 6) is -0.411. The first-order valence-corrected chi connectivity index (χ1v) is 8.00. The van der Waals surface area contributed by atoms with Crippen LogP contribution >= 0.6 is 0 Å². The summed E-state index contributed by atoms with van der Waals surface area (Å²) in [6.45, 7) is 8.18. The van der Waals surface area contributed by atoms with Gasteiger partial charge in [-0.25, -0.2) is 9.78 Å². The van der Waals surface area contributed by atoms with Gasteiger partial charge in [-0.2, -0.15) is 0 Å². The lowest BCUT2D eigenvalue weighted by Gasteiger charge is -2.15. The number of fused-ring (bicyclic) bond motifs is 1. The van der Waals surface area contributed by atoms with Gasteiger partial charge in [-0.3, -0.25) is 4.40 Å². The Hall–Kier alpha value is -3.02. The van der Waals surface area contributed by atoms with E-state index >= 15 is 0 Å². The zero-order chi connectivity index (χ0) is 18.2. The molecule has 128 valence electrons. The molecule has 0 unspecified atom stereocenters. The van der Waals surface area contributed by atoms with E-state index in [4.69, 9.17) is 0 Å². The van der Waals surface area contributed by atoms with Gasteiger partial charge < -0.3 is 5.11 Å². The van der Waals surface area contributed by atoms with E-state index in [9.17, 15) is 9.90 Å². The lowest BCUT2D eigenvalue weighted by Crippen LogP contribution is -2.11. The minimum atomic E-state index is -1.03. The quantitative estimate of drug-likeness (QED) is 0.679. The van der Waals surface area contributed by atoms with Crippen LogP contribution in [0.3, 0.4) is 0 Å². The first-order chi connectivity index (χ1) is 11.8. The zero-order valence-electron chi connectivity index (χ0n) is 14.7. The Kier molecular flexibility index (Phi) is 4.12. The van der Waals surface area contributed by atoms with Crippen molar-refractivity contribution in [3.05, 3.63) is 59.4 Å². The largest absolute Gasteiger partial charge is 0.478 e. The normalized spacial score (nSPS) is 12.2. The molecule has 2 heterocycles. The minimum Gasteiger partial charge on any atom is -0.478 e. The molecule has 0 amide bonds. The van der Waals surface area contributed by atoms with Crippen molar-refractivity contribution >= 4 is 23.1 Å². The number of azo groups is 1. The maximum atomic E-state index is 11.3. The number of pyridine rings is 1. The number of aromatic carboxylic acids is 1. The molecule has 0 spiro atoms. The molecule has 25 heavy (non-hydrogen) atoms. The van der Waals surface area contributed by atoms with E-state index in [0.717, 1.165) is 16.9 Å². The second-order valence-electron chi connectivity index (χ2n) is 6.99. The van der Waals surface area contributed by atoms with Crippen LogP contribution in [-0.2, 0) is 5.41 Å². The molecule has 1 N–H and O–H groups in total. The molecule has 6 heteroatoms. The number of carbonyl (C=O) groups is 1. The summed E-state index contributed by atoms with van der Waals surface area (Å²) in [7, 11) is 0. The maximum Gasteiger partial charge on any atom is 0.337 e. The summed E-state index contributed by atoms with van der Waals surface area (Å²) in [5.41, 5.74) is 2.89. The van der Waals surface area contributed by atoms with Gasteiger partial charge >= 0.3 is 5.97 Å². The summed E-state index contributed by atoms with van der Waals surface area (Å²) in [6, 6.07) is 10.5. The molecule has 3 aromatic rings. The number of aryl methyl sites for hydroxylation is 1. The van der Waals surface area contributed by atoms with E-state index < -0.39 is 5.97 Å². The van der Waals surface area contributed by atoms with Gasteiger partial charge in [0.2, 0.25) is 0 Å². The fourth-order valence-corrected chi connectivity index (χ4v) is 2.58. The second kappa shape index (κ2) is 6.12. The summed E-state index contributed by atoms with van der Waals surface area (Å²) in [6.07, 6.45) is 1.95. The molecule has 0 bridgehead atoms. The van der Waals surface area contributed by atoms with Crippen molar-refractivity contribution in [2.75, 3.05) is 0 Å². The topological polar surface area (TPSA) is 79.3 Å². The first-order valence-electron chi connectivity index (χ1n) is 8.00. The van der Waals surface area contributed by atoms with Crippen molar-refractivity contribution in [1.29, 1.82) is 0 Å². The highest BCUT2D eigenvalue weighted by atomic mass is 16.4. The maximum absolute atomic E-state index is 11.3. The molecule has 0 atom stereocenters. The van der Waals surface area contributed by atoms with E-state index in [1.165, 1.54) is 6.07 Å². The molecule has 0 aliphatic heterocycles. The number of hydrogen-bond acceptors (Lipinski definition) is 4. The van der Waals surface area contributed by atoms with Crippen LogP contribution < -0.4 is 0 Å². The Balaban J connectivity index is 2.18. The first kappa shape index (κ1) is 16.8. The van der Waals surface area contributed by atoms with Gasteiger partial charge in [0.1, 0.15) is 11.3 Å². The Morgan fingerprint density at radius 3 is 2.52 bits per heavy atom. The molecule has 2 aromatic heterocycles. The Morgan fingerprint density at radius 2 is 1.84 bits per heavy atom. The number of carboxylic acids is 1. The van der Waals surface area contributed by atoms with Crippen molar-refractivity contribution < 1.29 is 9.90 Å². The van der Waals surface area contributed by atoms with E-state index in [2.05, 4.69) is 36.0 Å². The van der Waals surface area contributed by atoms with Gasteiger partial charge in [0.15, 0.2) is 5.82 Å². The average molecular weight is 336 g/mol. The molecule has 3 rings (SSSR count). The highest BCUT2D eigenvalue weighted by Gasteiger charge is 2.24. The molecule has 0 fully saturated rings. The van der Waals surface area contributed by atoms with Crippen molar-refractivity contribution in [3.8, 4) is 0 Å². The van der Waals surface area contributed by atoms with Crippen LogP contribution in [0, 0.1) is 6.92 Å². The summed E-state index contributed by atoms with van der Waals surface area (Å²) < 4.78 is 1.89. The van der Waals surface area contributed by atoms with Crippen molar-refractivity contribution in [2.24, 2.45) is 10.2 Å². The highest BCUT2D eigenvalue weighted by Crippen LogP contribution is 2.33. The van der Waals surface area contributed by atoms with Crippen LogP contribution in [-0.4, -0.2) is 20.5 Å². The summed E-state index contributed by atoms with van der Waals surface area (Å²) in [5, 5.41) is 17.9. The second-order valence-corrected chi connectivity index (χ2v) is 6.99. The molecule has 0 saturated heterocycles. The van der Waals surface area contributed by atoms with Crippen LogP contribution in [0.2, 0.25) is 0 Å². The molecular weight excluding hydrogens is 316 g/mol. The molecule has 0 aliphatic carbocycles. The molecule has 0 aliphatic rings. The molecule has 0 radical (unpaired) electrons. The average Bonchev–Trinajstić information content (AvgIpc) is 2.91.